The molecule has 0 radical (unpaired) electrons. The van der Waals surface area contributed by atoms with Crippen LogP contribution in [-0.4, -0.2) is 39.7 Å². The van der Waals surface area contributed by atoms with E-state index in [1.54, 1.807) is 36.6 Å². The number of aromatic amines is 1. The minimum atomic E-state index is -0.155. The second-order valence-electron chi connectivity index (χ2n) is 3.88. The summed E-state index contributed by atoms with van der Waals surface area (Å²) in [6, 6.07) is 1.73. The van der Waals surface area contributed by atoms with Crippen LogP contribution in [0.4, 0.5) is 11.8 Å². The van der Waals surface area contributed by atoms with Crippen molar-refractivity contribution in [3.05, 3.63) is 30.2 Å². The average Bonchev–Trinajstić information content (AvgIpc) is 2.76. The third-order valence-corrected chi connectivity index (χ3v) is 2.37. The predicted molar refractivity (Wildman–Crippen MR) is 67.3 cm³/mol. The molecule has 2 aromatic heterocycles. The molecule has 94 valence electrons. The summed E-state index contributed by atoms with van der Waals surface area (Å²) in [5.74, 6) is 0.966. The molecular weight excluding hydrogens is 232 g/mol. The van der Waals surface area contributed by atoms with E-state index in [0.29, 0.717) is 11.8 Å². The lowest BCUT2D eigenvalue weighted by molar-refractivity contribution is -0.115. The molecule has 0 atom stereocenters. The molecular formula is C11H14N6O. The number of H-pyrrole nitrogens is 1. The first-order valence-corrected chi connectivity index (χ1v) is 5.45. The van der Waals surface area contributed by atoms with E-state index in [1.165, 1.54) is 0 Å². The number of amides is 1. The highest BCUT2D eigenvalue weighted by Crippen LogP contribution is 2.08. The van der Waals surface area contributed by atoms with Gasteiger partial charge in [-0.05, 0) is 13.0 Å². The fourth-order valence-corrected chi connectivity index (χ4v) is 1.43. The summed E-state index contributed by atoms with van der Waals surface area (Å²) >= 11 is 0. The maximum absolute atomic E-state index is 11.8. The Hall–Kier alpha value is -2.44. The van der Waals surface area contributed by atoms with Gasteiger partial charge in [-0.25, -0.2) is 9.97 Å². The Morgan fingerprint density at radius 1 is 1.44 bits per heavy atom. The van der Waals surface area contributed by atoms with Crippen LogP contribution in [0.2, 0.25) is 0 Å². The van der Waals surface area contributed by atoms with Crippen molar-refractivity contribution in [2.75, 3.05) is 23.8 Å². The van der Waals surface area contributed by atoms with Gasteiger partial charge in [-0.3, -0.25) is 9.89 Å². The van der Waals surface area contributed by atoms with E-state index >= 15 is 0 Å². The topological polar surface area (TPSA) is 86.8 Å². The zero-order chi connectivity index (χ0) is 13.0. The monoisotopic (exact) mass is 246 g/mol. The standard InChI is InChI=1S/C11H14N6O/c1-8-6-14-16-10(8)15-9(18)7-17(2)11-12-4-3-5-13-11/h3-6H,7H2,1-2H3,(H2,14,15,16,18). The van der Waals surface area contributed by atoms with Crippen LogP contribution in [0.15, 0.2) is 24.7 Å². The minimum Gasteiger partial charge on any atom is -0.335 e. The Balaban J connectivity index is 1.94. The van der Waals surface area contributed by atoms with Gasteiger partial charge in [-0.1, -0.05) is 0 Å². The third kappa shape index (κ3) is 2.82. The van der Waals surface area contributed by atoms with E-state index < -0.39 is 0 Å². The molecule has 2 heterocycles. The Labute approximate surface area is 104 Å². The summed E-state index contributed by atoms with van der Waals surface area (Å²) < 4.78 is 0. The molecule has 18 heavy (non-hydrogen) atoms. The summed E-state index contributed by atoms with van der Waals surface area (Å²) in [5.41, 5.74) is 0.891. The molecule has 0 bridgehead atoms. The van der Waals surface area contributed by atoms with E-state index in [9.17, 15) is 4.79 Å². The molecule has 1 amide bonds. The second kappa shape index (κ2) is 5.26. The van der Waals surface area contributed by atoms with Crippen molar-refractivity contribution < 1.29 is 4.79 Å². The highest BCUT2D eigenvalue weighted by Gasteiger charge is 2.11. The van der Waals surface area contributed by atoms with Crippen LogP contribution >= 0.6 is 0 Å². The minimum absolute atomic E-state index is 0.155. The zero-order valence-corrected chi connectivity index (χ0v) is 10.2. The van der Waals surface area contributed by atoms with Gasteiger partial charge in [0.25, 0.3) is 0 Å². The number of hydrogen-bond acceptors (Lipinski definition) is 5. The number of nitrogens with zero attached hydrogens (tertiary/aromatic N) is 4. The van der Waals surface area contributed by atoms with Crippen molar-refractivity contribution in [3.8, 4) is 0 Å². The van der Waals surface area contributed by atoms with Crippen molar-refractivity contribution in [2.45, 2.75) is 6.92 Å². The van der Waals surface area contributed by atoms with Crippen LogP contribution in [0, 0.1) is 6.92 Å². The zero-order valence-electron chi connectivity index (χ0n) is 10.2. The molecule has 2 aromatic rings. The number of aromatic nitrogens is 4. The maximum Gasteiger partial charge on any atom is 0.245 e. The lowest BCUT2D eigenvalue weighted by Crippen LogP contribution is -2.31. The van der Waals surface area contributed by atoms with Gasteiger partial charge in [0.05, 0.1) is 12.7 Å². The fraction of sp³-hybridized carbons (Fsp3) is 0.273. The van der Waals surface area contributed by atoms with Crippen molar-refractivity contribution in [1.82, 2.24) is 20.2 Å². The maximum atomic E-state index is 11.8. The molecule has 0 spiro atoms. The van der Waals surface area contributed by atoms with Crippen molar-refractivity contribution >= 4 is 17.7 Å². The third-order valence-electron chi connectivity index (χ3n) is 2.37. The van der Waals surface area contributed by atoms with Gasteiger partial charge in [0, 0.05) is 25.0 Å². The number of hydrogen-bond donors (Lipinski definition) is 2. The van der Waals surface area contributed by atoms with E-state index in [1.807, 2.05) is 6.92 Å². The molecule has 0 fully saturated rings. The molecule has 2 rings (SSSR count). The first-order valence-electron chi connectivity index (χ1n) is 5.45. The van der Waals surface area contributed by atoms with Gasteiger partial charge in [-0.15, -0.1) is 0 Å². The van der Waals surface area contributed by atoms with Crippen LogP contribution in [0.1, 0.15) is 5.56 Å². The van der Waals surface area contributed by atoms with Gasteiger partial charge >= 0.3 is 0 Å². The number of anilines is 2. The number of carbonyl (C=O) groups is 1. The molecule has 0 aliphatic carbocycles. The smallest absolute Gasteiger partial charge is 0.245 e. The first kappa shape index (κ1) is 12.0. The van der Waals surface area contributed by atoms with E-state index in [0.717, 1.165) is 5.56 Å². The molecule has 0 aliphatic heterocycles. The summed E-state index contributed by atoms with van der Waals surface area (Å²) in [7, 11) is 1.76. The van der Waals surface area contributed by atoms with Crippen LogP contribution in [0.5, 0.6) is 0 Å². The molecule has 7 heteroatoms. The molecule has 0 unspecified atom stereocenters. The molecule has 7 nitrogen and oxygen atoms in total. The predicted octanol–water partition coefficient (Wildman–Crippen LogP) is 0.583. The number of rotatable bonds is 4. The number of aryl methyl sites for hydroxylation is 1. The van der Waals surface area contributed by atoms with Crippen LogP contribution < -0.4 is 10.2 Å². The van der Waals surface area contributed by atoms with Gasteiger partial charge in [-0.2, -0.15) is 5.10 Å². The summed E-state index contributed by atoms with van der Waals surface area (Å²) in [6.45, 7) is 2.03. The Morgan fingerprint density at radius 3 is 2.78 bits per heavy atom. The summed E-state index contributed by atoms with van der Waals surface area (Å²) in [6.07, 6.45) is 4.92. The van der Waals surface area contributed by atoms with Crippen molar-refractivity contribution in [2.24, 2.45) is 0 Å². The Morgan fingerprint density at radius 2 is 2.17 bits per heavy atom. The van der Waals surface area contributed by atoms with Crippen LogP contribution in [0.25, 0.3) is 0 Å². The second-order valence-corrected chi connectivity index (χ2v) is 3.88. The highest BCUT2D eigenvalue weighted by atomic mass is 16.2. The molecule has 0 aromatic carbocycles. The van der Waals surface area contributed by atoms with Gasteiger partial charge in [0.15, 0.2) is 0 Å². The van der Waals surface area contributed by atoms with Crippen LogP contribution in [0.3, 0.4) is 0 Å². The molecule has 2 N–H and O–H groups in total. The highest BCUT2D eigenvalue weighted by molar-refractivity contribution is 5.93. The Bertz CT molecular complexity index is 523. The van der Waals surface area contributed by atoms with Crippen LogP contribution in [-0.2, 0) is 4.79 Å². The molecule has 0 saturated heterocycles. The van der Waals surface area contributed by atoms with Crippen molar-refractivity contribution in [1.29, 1.82) is 0 Å². The number of nitrogens with one attached hydrogen (secondary N) is 2. The lowest BCUT2D eigenvalue weighted by atomic mass is 10.4. The van der Waals surface area contributed by atoms with E-state index in [4.69, 9.17) is 0 Å². The van der Waals surface area contributed by atoms with Gasteiger partial charge in [0.2, 0.25) is 11.9 Å². The largest absolute Gasteiger partial charge is 0.335 e. The number of carbonyl (C=O) groups excluding carboxylic acids is 1. The van der Waals surface area contributed by atoms with E-state index in [2.05, 4.69) is 25.5 Å². The lowest BCUT2D eigenvalue weighted by Gasteiger charge is -2.15. The average molecular weight is 246 g/mol. The van der Waals surface area contributed by atoms with E-state index in [-0.39, 0.29) is 12.5 Å². The molecule has 0 saturated carbocycles. The van der Waals surface area contributed by atoms with Gasteiger partial charge < -0.3 is 10.2 Å². The quantitative estimate of drug-likeness (QED) is 0.824. The number of likely N-dealkylation sites (N-methyl/N-ethyl adjacent to an activating group) is 1. The summed E-state index contributed by atoms with van der Waals surface area (Å²) in [5, 5.41) is 9.29. The normalized spacial score (nSPS) is 10.1. The first-order chi connectivity index (χ1) is 8.66. The van der Waals surface area contributed by atoms with Gasteiger partial charge in [0.1, 0.15) is 5.82 Å². The summed E-state index contributed by atoms with van der Waals surface area (Å²) in [4.78, 5) is 21.6. The van der Waals surface area contributed by atoms with Crippen molar-refractivity contribution in [3.63, 3.8) is 0 Å². The fourth-order valence-electron chi connectivity index (χ4n) is 1.43. The Kier molecular flexibility index (Phi) is 3.52. The molecule has 0 aliphatic rings. The SMILES string of the molecule is Cc1cn[nH]c1NC(=O)CN(C)c1ncccn1.